The minimum absolute atomic E-state index is 0.0553. The smallest absolute Gasteiger partial charge is 0.264 e. The highest BCUT2D eigenvalue weighted by atomic mass is 32.2. The number of sulfonamides is 1. The summed E-state index contributed by atoms with van der Waals surface area (Å²) in [6, 6.07) is 9.14. The van der Waals surface area contributed by atoms with Gasteiger partial charge < -0.3 is 5.32 Å². The molecule has 146 valence electrons. The average molecular weight is 406 g/mol. The van der Waals surface area contributed by atoms with Crippen LogP contribution in [-0.4, -0.2) is 53.2 Å². The van der Waals surface area contributed by atoms with E-state index in [0.717, 1.165) is 0 Å². The number of nitrogens with zero attached hydrogens (tertiary/aromatic N) is 5. The number of aromatic nitrogens is 4. The zero-order chi connectivity index (χ0) is 20.3. The number of rotatable bonds is 6. The van der Waals surface area contributed by atoms with E-state index in [9.17, 15) is 17.6 Å². The first-order valence-corrected chi connectivity index (χ1v) is 9.24. The summed E-state index contributed by atoms with van der Waals surface area (Å²) in [5, 5.41) is 13.1. The Bertz CT molecular complexity index is 1090. The molecule has 0 saturated carbocycles. The molecule has 1 aromatic heterocycles. The molecule has 0 fully saturated rings. The molecular formula is C16H15FN6O4S. The molecule has 0 aliphatic rings. The normalized spacial score (nSPS) is 11.6. The molecule has 0 spiro atoms. The summed E-state index contributed by atoms with van der Waals surface area (Å²) in [7, 11) is -1.36. The summed E-state index contributed by atoms with van der Waals surface area (Å²) in [6.07, 6.45) is 1.33. The molecule has 3 rings (SSSR count). The molecule has 0 bridgehead atoms. The lowest BCUT2D eigenvalue weighted by molar-refractivity contribution is -0.0258. The van der Waals surface area contributed by atoms with Crippen molar-refractivity contribution in [3.05, 3.63) is 60.2 Å². The van der Waals surface area contributed by atoms with Crippen LogP contribution in [0.15, 0.2) is 53.7 Å². The fourth-order valence-corrected chi connectivity index (χ4v) is 3.22. The van der Waals surface area contributed by atoms with Gasteiger partial charge in [-0.25, -0.2) is 17.5 Å². The van der Waals surface area contributed by atoms with E-state index in [1.807, 2.05) is 0 Å². The topological polar surface area (TPSA) is 119 Å². The monoisotopic (exact) mass is 406 g/mol. The third kappa shape index (κ3) is 3.88. The lowest BCUT2D eigenvalue weighted by Gasteiger charge is -2.14. The molecule has 28 heavy (non-hydrogen) atoms. The van der Waals surface area contributed by atoms with Crippen LogP contribution >= 0.6 is 0 Å². The molecule has 1 heterocycles. The van der Waals surface area contributed by atoms with Gasteiger partial charge in [-0.3, -0.25) is 9.63 Å². The van der Waals surface area contributed by atoms with Crippen molar-refractivity contribution >= 4 is 21.6 Å². The highest BCUT2D eigenvalue weighted by molar-refractivity contribution is 7.89. The van der Waals surface area contributed by atoms with Crippen molar-refractivity contribution in [2.45, 2.75) is 4.90 Å². The summed E-state index contributed by atoms with van der Waals surface area (Å²) >= 11 is 0. The van der Waals surface area contributed by atoms with Gasteiger partial charge in [0.05, 0.1) is 23.4 Å². The van der Waals surface area contributed by atoms with E-state index in [0.29, 0.717) is 10.2 Å². The Hall–Kier alpha value is -3.22. The average Bonchev–Trinajstić information content (AvgIpc) is 3.23. The van der Waals surface area contributed by atoms with Crippen molar-refractivity contribution in [1.82, 2.24) is 24.7 Å². The number of carbonyl (C=O) groups excluding carboxylic acids is 1. The number of amides is 1. The number of benzene rings is 2. The lowest BCUT2D eigenvalue weighted by atomic mass is 10.2. The predicted octanol–water partition coefficient (Wildman–Crippen LogP) is 1.24. The summed E-state index contributed by atoms with van der Waals surface area (Å²) < 4.78 is 40.4. The molecule has 0 radical (unpaired) electrons. The number of nitrogens with one attached hydrogen (secondary N) is 1. The summed E-state index contributed by atoms with van der Waals surface area (Å²) in [4.78, 5) is 17.0. The van der Waals surface area contributed by atoms with E-state index in [1.54, 1.807) is 0 Å². The number of carbonyl (C=O) groups is 1. The quantitative estimate of drug-likeness (QED) is 0.612. The van der Waals surface area contributed by atoms with Gasteiger partial charge in [0.2, 0.25) is 0 Å². The Balaban J connectivity index is 1.81. The first-order valence-electron chi connectivity index (χ1n) is 7.80. The number of hydrogen-bond acceptors (Lipinski definition) is 7. The van der Waals surface area contributed by atoms with Crippen LogP contribution in [0.3, 0.4) is 0 Å². The molecule has 0 saturated heterocycles. The Morgan fingerprint density at radius 3 is 2.54 bits per heavy atom. The molecule has 3 aromatic rings. The molecule has 2 aromatic carbocycles. The van der Waals surface area contributed by atoms with Crippen LogP contribution in [0.5, 0.6) is 0 Å². The van der Waals surface area contributed by atoms with E-state index in [2.05, 4.69) is 25.7 Å². The van der Waals surface area contributed by atoms with E-state index < -0.39 is 21.7 Å². The maximum absolute atomic E-state index is 14.1. The molecule has 1 N–H and O–H groups in total. The first kappa shape index (κ1) is 19.5. The van der Waals surface area contributed by atoms with Crippen LogP contribution in [0.1, 0.15) is 10.4 Å². The number of halogens is 1. The van der Waals surface area contributed by atoms with Crippen molar-refractivity contribution in [2.75, 3.05) is 19.5 Å². The third-order valence-electron chi connectivity index (χ3n) is 3.82. The van der Waals surface area contributed by atoms with Gasteiger partial charge in [0.1, 0.15) is 12.1 Å². The van der Waals surface area contributed by atoms with Crippen LogP contribution in [0.2, 0.25) is 0 Å². The van der Waals surface area contributed by atoms with Crippen LogP contribution in [0.25, 0.3) is 5.69 Å². The molecule has 0 aliphatic heterocycles. The number of anilines is 1. The van der Waals surface area contributed by atoms with Gasteiger partial charge in [-0.1, -0.05) is 4.47 Å². The second-order valence-corrected chi connectivity index (χ2v) is 7.43. The maximum Gasteiger partial charge on any atom is 0.264 e. The van der Waals surface area contributed by atoms with Gasteiger partial charge in [-0.05, 0) is 52.9 Å². The highest BCUT2D eigenvalue weighted by Gasteiger charge is 2.21. The molecule has 0 atom stereocenters. The van der Waals surface area contributed by atoms with E-state index in [1.165, 1.54) is 67.6 Å². The van der Waals surface area contributed by atoms with Crippen molar-refractivity contribution in [2.24, 2.45) is 0 Å². The maximum atomic E-state index is 14.1. The van der Waals surface area contributed by atoms with Crippen LogP contribution in [0, 0.1) is 5.82 Å². The van der Waals surface area contributed by atoms with Gasteiger partial charge in [0.15, 0.2) is 0 Å². The van der Waals surface area contributed by atoms with Crippen LogP contribution in [-0.2, 0) is 14.9 Å². The molecular weight excluding hydrogens is 391 g/mol. The van der Waals surface area contributed by atoms with Crippen molar-refractivity contribution in [1.29, 1.82) is 0 Å². The molecule has 12 heteroatoms. The van der Waals surface area contributed by atoms with Gasteiger partial charge in [-0.15, -0.1) is 5.10 Å². The summed E-state index contributed by atoms with van der Waals surface area (Å²) in [6.45, 7) is 0. The van der Waals surface area contributed by atoms with E-state index in [4.69, 9.17) is 0 Å². The first-order chi connectivity index (χ1) is 13.3. The Kier molecular flexibility index (Phi) is 5.44. The number of hydroxylamine groups is 1. The van der Waals surface area contributed by atoms with Gasteiger partial charge in [-0.2, -0.15) is 0 Å². The second kappa shape index (κ2) is 7.80. The summed E-state index contributed by atoms with van der Waals surface area (Å²) in [5.41, 5.74) is 0.519. The van der Waals surface area contributed by atoms with Gasteiger partial charge >= 0.3 is 0 Å². The van der Waals surface area contributed by atoms with Gasteiger partial charge in [0, 0.05) is 12.6 Å². The summed E-state index contributed by atoms with van der Waals surface area (Å²) in [5.74, 6) is -1.26. The minimum atomic E-state index is -3.83. The minimum Gasteiger partial charge on any atom is -0.319 e. The van der Waals surface area contributed by atoms with Gasteiger partial charge in [0.25, 0.3) is 15.9 Å². The lowest BCUT2D eigenvalue weighted by Crippen LogP contribution is -2.25. The standard InChI is InChI=1S/C16H15FN6O4S/c1-22(27-2)28(25,26)13-6-3-11(4-7-13)16(24)19-15-9-12(5-8-14(15)17)23-10-18-20-21-23/h3-10H,1-2H3,(H,19,24). The highest BCUT2D eigenvalue weighted by Crippen LogP contribution is 2.20. The molecule has 0 unspecified atom stereocenters. The Morgan fingerprint density at radius 2 is 1.93 bits per heavy atom. The fourth-order valence-electron chi connectivity index (χ4n) is 2.25. The molecule has 0 aliphatic carbocycles. The van der Waals surface area contributed by atoms with Crippen LogP contribution in [0.4, 0.5) is 10.1 Å². The molecule has 10 nitrogen and oxygen atoms in total. The number of hydrogen-bond donors (Lipinski definition) is 1. The largest absolute Gasteiger partial charge is 0.319 e. The zero-order valence-electron chi connectivity index (χ0n) is 14.8. The van der Waals surface area contributed by atoms with Crippen LogP contribution < -0.4 is 5.32 Å². The fraction of sp³-hybridized carbons (Fsp3) is 0.125. The Labute approximate surface area is 159 Å². The second-order valence-electron chi connectivity index (χ2n) is 5.49. The van der Waals surface area contributed by atoms with E-state index in [-0.39, 0.29) is 16.1 Å². The Morgan fingerprint density at radius 1 is 1.21 bits per heavy atom. The SMILES string of the molecule is CON(C)S(=O)(=O)c1ccc(C(=O)Nc2cc(-n3cnnn3)ccc2F)cc1. The molecule has 1 amide bonds. The number of tetrazole rings is 1. The third-order valence-corrected chi connectivity index (χ3v) is 5.52. The van der Waals surface area contributed by atoms with Crippen molar-refractivity contribution in [3.8, 4) is 5.69 Å². The van der Waals surface area contributed by atoms with E-state index >= 15 is 0 Å². The predicted molar refractivity (Wildman–Crippen MR) is 95.5 cm³/mol. The zero-order valence-corrected chi connectivity index (χ0v) is 15.6. The van der Waals surface area contributed by atoms with Crippen molar-refractivity contribution in [3.63, 3.8) is 0 Å². The van der Waals surface area contributed by atoms with Crippen molar-refractivity contribution < 1.29 is 22.4 Å².